The van der Waals surface area contributed by atoms with Crippen molar-refractivity contribution in [2.24, 2.45) is 11.8 Å². The molecular weight excluding hydrogens is 208 g/mol. The normalized spacial score (nSPS) is 28.2. The molecule has 0 aromatic heterocycles. The predicted octanol–water partition coefficient (Wildman–Crippen LogP) is 5.42. The van der Waals surface area contributed by atoms with Gasteiger partial charge in [-0.15, -0.1) is 12.3 Å². The van der Waals surface area contributed by atoms with Gasteiger partial charge in [-0.25, -0.2) is 0 Å². The van der Waals surface area contributed by atoms with E-state index in [1.807, 2.05) is 0 Å². The second-order valence-corrected chi connectivity index (χ2v) is 10.6. The topological polar surface area (TPSA) is 0 Å². The van der Waals surface area contributed by atoms with Gasteiger partial charge >= 0.3 is 0 Å². The second kappa shape index (κ2) is 6.63. The highest BCUT2D eigenvalue weighted by molar-refractivity contribution is 6.84. The first-order valence-electron chi connectivity index (χ1n) is 7.28. The Morgan fingerprint density at radius 2 is 1.50 bits per heavy atom. The van der Waals surface area contributed by atoms with Crippen LogP contribution in [0.25, 0.3) is 0 Å². The summed E-state index contributed by atoms with van der Waals surface area (Å²) in [5, 5.41) is 0. The highest BCUT2D eigenvalue weighted by Gasteiger charge is 2.40. The van der Waals surface area contributed by atoms with Gasteiger partial charge in [-0.3, -0.25) is 0 Å². The molecule has 0 amide bonds. The van der Waals surface area contributed by atoms with Crippen molar-refractivity contribution in [1.29, 1.82) is 0 Å². The maximum absolute atomic E-state index is 4.11. The van der Waals surface area contributed by atoms with Crippen LogP contribution in [0.1, 0.15) is 52.4 Å². The average Bonchev–Trinajstić information content (AvgIpc) is 2.61. The van der Waals surface area contributed by atoms with Gasteiger partial charge in [0.25, 0.3) is 0 Å². The van der Waals surface area contributed by atoms with Gasteiger partial charge in [-0.05, 0) is 11.8 Å². The van der Waals surface area contributed by atoms with E-state index in [0.29, 0.717) is 0 Å². The summed E-state index contributed by atoms with van der Waals surface area (Å²) in [5.74, 6) is 2.09. The van der Waals surface area contributed by atoms with Crippen molar-refractivity contribution in [3.05, 3.63) is 12.3 Å². The van der Waals surface area contributed by atoms with Crippen LogP contribution in [0, 0.1) is 11.8 Å². The summed E-state index contributed by atoms with van der Waals surface area (Å²) in [6.45, 7) is 11.3. The van der Waals surface area contributed by atoms with Gasteiger partial charge in [0.15, 0.2) is 0 Å². The molecule has 94 valence electrons. The Kier molecular flexibility index (Phi) is 5.81. The molecule has 1 rings (SSSR count). The van der Waals surface area contributed by atoms with E-state index >= 15 is 0 Å². The molecule has 0 aromatic rings. The molecule has 0 bridgehead atoms. The minimum absolute atomic E-state index is 1.02. The van der Waals surface area contributed by atoms with E-state index in [2.05, 4.69) is 32.7 Å². The lowest BCUT2D eigenvalue weighted by Crippen LogP contribution is -2.22. The summed E-state index contributed by atoms with van der Waals surface area (Å²) in [4.78, 5) is 0. The molecule has 0 unspecified atom stereocenters. The average molecular weight is 238 g/mol. The molecule has 1 heterocycles. The van der Waals surface area contributed by atoms with Crippen LogP contribution in [-0.4, -0.2) is 8.07 Å². The van der Waals surface area contributed by atoms with Gasteiger partial charge in [0, 0.05) is 0 Å². The summed E-state index contributed by atoms with van der Waals surface area (Å²) < 4.78 is 0. The quantitative estimate of drug-likeness (QED) is 0.520. The number of hydrogen-bond acceptors (Lipinski definition) is 0. The highest BCUT2D eigenvalue weighted by atomic mass is 28.3. The molecule has 0 nitrogen and oxygen atoms in total. The molecule has 0 saturated carbocycles. The molecule has 0 radical (unpaired) electrons. The molecule has 0 spiro atoms. The van der Waals surface area contributed by atoms with E-state index in [9.17, 15) is 0 Å². The Morgan fingerprint density at radius 1 is 1.06 bits per heavy atom. The summed E-state index contributed by atoms with van der Waals surface area (Å²) in [7, 11) is -1.02. The van der Waals surface area contributed by atoms with Gasteiger partial charge < -0.3 is 0 Å². The fourth-order valence-electron chi connectivity index (χ4n) is 3.39. The SMILES string of the molecule is C=C[Si]1(C)C[C@@H](CCCC)[C@H](CCCC)C1. The molecule has 1 saturated heterocycles. The van der Waals surface area contributed by atoms with Gasteiger partial charge in [0.1, 0.15) is 0 Å². The number of unbranched alkanes of at least 4 members (excludes halogenated alkanes) is 2. The van der Waals surface area contributed by atoms with Crippen molar-refractivity contribution < 1.29 is 0 Å². The van der Waals surface area contributed by atoms with Crippen LogP contribution >= 0.6 is 0 Å². The van der Waals surface area contributed by atoms with Crippen LogP contribution in [0.4, 0.5) is 0 Å². The second-order valence-electron chi connectivity index (χ2n) is 6.07. The van der Waals surface area contributed by atoms with Crippen molar-refractivity contribution in [3.8, 4) is 0 Å². The zero-order valence-electron chi connectivity index (χ0n) is 11.6. The third kappa shape index (κ3) is 3.76. The van der Waals surface area contributed by atoms with Gasteiger partial charge in [-0.2, -0.15) is 0 Å². The van der Waals surface area contributed by atoms with Crippen LogP contribution in [0.5, 0.6) is 0 Å². The summed E-state index contributed by atoms with van der Waals surface area (Å²) in [6, 6.07) is 3.07. The Hall–Kier alpha value is -0.0431. The Morgan fingerprint density at radius 3 is 1.81 bits per heavy atom. The van der Waals surface area contributed by atoms with Gasteiger partial charge in [0.05, 0.1) is 8.07 Å². The van der Waals surface area contributed by atoms with E-state index < -0.39 is 8.07 Å². The highest BCUT2D eigenvalue weighted by Crippen LogP contribution is 2.45. The standard InChI is InChI=1S/C15H30Si/c1-5-8-10-14-12-16(4,7-3)13-15(14)11-9-6-2/h7,14-15H,3,5-6,8-13H2,1-2,4H3/t14-,15-/m1/s1. The first-order valence-corrected chi connectivity index (χ1v) is 10.3. The summed E-state index contributed by atoms with van der Waals surface area (Å²) in [5.41, 5.74) is 2.36. The monoisotopic (exact) mass is 238 g/mol. The van der Waals surface area contributed by atoms with Crippen LogP contribution < -0.4 is 0 Å². The lowest BCUT2D eigenvalue weighted by molar-refractivity contribution is 0.348. The minimum atomic E-state index is -1.02. The smallest absolute Gasteiger partial charge is 0.0745 e. The van der Waals surface area contributed by atoms with Crippen molar-refractivity contribution in [2.75, 3.05) is 0 Å². The van der Waals surface area contributed by atoms with Crippen LogP contribution in [0.15, 0.2) is 12.3 Å². The fraction of sp³-hybridized carbons (Fsp3) is 0.867. The van der Waals surface area contributed by atoms with Gasteiger partial charge in [0.2, 0.25) is 0 Å². The molecule has 1 aliphatic rings. The van der Waals surface area contributed by atoms with Crippen molar-refractivity contribution in [2.45, 2.75) is 71.0 Å². The molecule has 0 aromatic carbocycles. The summed E-state index contributed by atoms with van der Waals surface area (Å²) in [6.07, 6.45) is 8.58. The molecule has 1 fully saturated rings. The molecule has 2 atom stereocenters. The third-order valence-corrected chi connectivity index (χ3v) is 8.37. The number of hydrogen-bond donors (Lipinski definition) is 0. The van der Waals surface area contributed by atoms with Crippen molar-refractivity contribution >= 4 is 8.07 Å². The van der Waals surface area contributed by atoms with Crippen LogP contribution in [0.2, 0.25) is 18.6 Å². The van der Waals surface area contributed by atoms with Crippen LogP contribution in [-0.2, 0) is 0 Å². The molecular formula is C15H30Si. The summed E-state index contributed by atoms with van der Waals surface area (Å²) >= 11 is 0. The fourth-order valence-corrected chi connectivity index (χ4v) is 7.36. The Bertz CT molecular complexity index is 193. The minimum Gasteiger partial charge on any atom is -0.107 e. The van der Waals surface area contributed by atoms with Gasteiger partial charge in [-0.1, -0.05) is 71.0 Å². The first-order chi connectivity index (χ1) is 7.65. The third-order valence-electron chi connectivity index (χ3n) is 4.47. The zero-order chi connectivity index (χ0) is 12.0. The van der Waals surface area contributed by atoms with Crippen molar-refractivity contribution in [3.63, 3.8) is 0 Å². The molecule has 1 heteroatoms. The molecule has 0 aliphatic carbocycles. The van der Waals surface area contributed by atoms with Crippen LogP contribution in [0.3, 0.4) is 0 Å². The first kappa shape index (κ1) is 14.0. The largest absolute Gasteiger partial charge is 0.107 e. The van der Waals surface area contributed by atoms with Crippen molar-refractivity contribution in [1.82, 2.24) is 0 Å². The maximum atomic E-state index is 4.11. The number of rotatable bonds is 7. The zero-order valence-corrected chi connectivity index (χ0v) is 12.6. The lowest BCUT2D eigenvalue weighted by Gasteiger charge is -2.18. The molecule has 1 aliphatic heterocycles. The lowest BCUT2D eigenvalue weighted by atomic mass is 9.87. The predicted molar refractivity (Wildman–Crippen MR) is 77.5 cm³/mol. The molecule has 16 heavy (non-hydrogen) atoms. The van der Waals surface area contributed by atoms with E-state index in [-0.39, 0.29) is 0 Å². The van der Waals surface area contributed by atoms with E-state index in [4.69, 9.17) is 0 Å². The Labute approximate surface area is 104 Å². The van der Waals surface area contributed by atoms with E-state index in [0.717, 1.165) is 11.8 Å². The maximum Gasteiger partial charge on any atom is 0.0745 e. The molecule has 0 N–H and O–H groups in total. The van der Waals surface area contributed by atoms with E-state index in [1.54, 1.807) is 0 Å². The van der Waals surface area contributed by atoms with E-state index in [1.165, 1.54) is 50.6 Å². The Balaban J connectivity index is 2.52.